The van der Waals surface area contributed by atoms with E-state index in [1.54, 1.807) is 12.4 Å². The Labute approximate surface area is 96.6 Å². The molecule has 0 aliphatic rings. The SMILES string of the molecule is N#[C][Fe].c1ccc(-c2ccccn2)nc1. The van der Waals surface area contributed by atoms with Crippen molar-refractivity contribution < 1.29 is 16.0 Å². The summed E-state index contributed by atoms with van der Waals surface area (Å²) in [7, 11) is 0. The van der Waals surface area contributed by atoms with Crippen molar-refractivity contribution in [2.24, 2.45) is 0 Å². The van der Waals surface area contributed by atoms with Gasteiger partial charge >= 0.3 is 26.2 Å². The molecule has 2 aromatic heterocycles. The number of nitriles is 1. The first kappa shape index (κ1) is 11.4. The minimum atomic E-state index is 0.915. The molecule has 0 aliphatic carbocycles. The van der Waals surface area contributed by atoms with E-state index in [0.717, 1.165) is 11.4 Å². The van der Waals surface area contributed by atoms with Crippen LogP contribution in [-0.4, -0.2) is 9.97 Å². The van der Waals surface area contributed by atoms with E-state index in [4.69, 9.17) is 5.26 Å². The van der Waals surface area contributed by atoms with Gasteiger partial charge < -0.3 is 0 Å². The number of nitrogens with zero attached hydrogens (tertiary/aromatic N) is 3. The first-order valence-corrected chi connectivity index (χ1v) is 4.74. The van der Waals surface area contributed by atoms with Crippen molar-refractivity contribution in [3.8, 4) is 16.4 Å². The molecule has 2 heterocycles. The summed E-state index contributed by atoms with van der Waals surface area (Å²) in [5.74, 6) is 0. The van der Waals surface area contributed by atoms with E-state index in [1.165, 1.54) is 4.97 Å². The molecule has 0 unspecified atom stereocenters. The van der Waals surface area contributed by atoms with Crippen molar-refractivity contribution in [3.63, 3.8) is 0 Å². The van der Waals surface area contributed by atoms with Crippen LogP contribution in [0.3, 0.4) is 0 Å². The molecule has 0 N–H and O–H groups in total. The van der Waals surface area contributed by atoms with Crippen LogP contribution < -0.4 is 0 Å². The fourth-order valence-corrected chi connectivity index (χ4v) is 1.03. The van der Waals surface area contributed by atoms with Gasteiger partial charge in [-0.25, -0.2) is 0 Å². The topological polar surface area (TPSA) is 49.6 Å². The zero-order valence-corrected chi connectivity index (χ0v) is 8.92. The van der Waals surface area contributed by atoms with Crippen molar-refractivity contribution in [2.45, 2.75) is 0 Å². The minimum absolute atomic E-state index is 0.915. The zero-order chi connectivity index (χ0) is 10.9. The molecule has 0 radical (unpaired) electrons. The number of pyridine rings is 2. The summed E-state index contributed by atoms with van der Waals surface area (Å²) in [6.45, 7) is 0. The van der Waals surface area contributed by atoms with Crippen molar-refractivity contribution >= 4 is 0 Å². The van der Waals surface area contributed by atoms with E-state index in [9.17, 15) is 0 Å². The number of aromatic nitrogens is 2. The van der Waals surface area contributed by atoms with Gasteiger partial charge in [0.15, 0.2) is 0 Å². The standard InChI is InChI=1S/C10H8N2.CN.Fe/c1-3-7-11-9(5-1)10-6-2-4-8-12-10;1-2;/h1-8H;;. The Morgan fingerprint density at radius 2 is 1.33 bits per heavy atom. The van der Waals surface area contributed by atoms with Crippen LogP contribution in [-0.2, 0) is 16.0 Å². The zero-order valence-electron chi connectivity index (χ0n) is 7.81. The third kappa shape index (κ3) is 3.90. The summed E-state index contributed by atoms with van der Waals surface area (Å²) in [4.78, 5) is 9.87. The molecule has 2 rings (SSSR count). The second-order valence-electron chi connectivity index (χ2n) is 2.51. The van der Waals surface area contributed by atoms with Crippen LogP contribution in [0.5, 0.6) is 0 Å². The summed E-state index contributed by atoms with van der Waals surface area (Å²) >= 11 is 2.79. The third-order valence-electron chi connectivity index (χ3n) is 1.59. The number of hydrogen-bond donors (Lipinski definition) is 0. The molecule has 0 fully saturated rings. The van der Waals surface area contributed by atoms with E-state index in [2.05, 4.69) is 26.0 Å². The van der Waals surface area contributed by atoms with Crippen LogP contribution in [0.1, 0.15) is 0 Å². The van der Waals surface area contributed by atoms with Gasteiger partial charge in [-0.3, -0.25) is 9.97 Å². The van der Waals surface area contributed by atoms with Gasteiger partial charge in [-0.1, -0.05) is 12.1 Å². The van der Waals surface area contributed by atoms with Crippen LogP contribution in [0.15, 0.2) is 48.8 Å². The van der Waals surface area contributed by atoms with Crippen molar-refractivity contribution in [1.29, 1.82) is 5.26 Å². The van der Waals surface area contributed by atoms with E-state index >= 15 is 0 Å². The van der Waals surface area contributed by atoms with E-state index in [0.29, 0.717) is 0 Å². The van der Waals surface area contributed by atoms with Crippen LogP contribution in [0.4, 0.5) is 0 Å². The second-order valence-corrected chi connectivity index (χ2v) is 2.76. The van der Waals surface area contributed by atoms with Gasteiger partial charge in [-0.05, 0) is 24.3 Å². The molecule has 4 heteroatoms. The molecule has 75 valence electrons. The molecule has 0 saturated heterocycles. The first-order chi connectivity index (χ1) is 7.38. The largest absolute Gasteiger partial charge is 0.255 e. The van der Waals surface area contributed by atoms with Crippen LogP contribution >= 0.6 is 0 Å². The molecular formula is C11H8FeN3. The molecule has 0 saturated carbocycles. The molecule has 0 bridgehead atoms. The maximum Gasteiger partial charge on any atom is 0.0886 e. The Hall–Kier alpha value is -1.69. The van der Waals surface area contributed by atoms with Crippen molar-refractivity contribution in [2.75, 3.05) is 0 Å². The molecule has 0 atom stereocenters. The summed E-state index contributed by atoms with van der Waals surface area (Å²) in [6.07, 6.45) is 3.54. The van der Waals surface area contributed by atoms with E-state index in [1.807, 2.05) is 36.4 Å². The molecule has 0 aromatic carbocycles. The molecule has 3 nitrogen and oxygen atoms in total. The Kier molecular flexibility index (Phi) is 5.10. The first-order valence-electron chi connectivity index (χ1n) is 4.19. The van der Waals surface area contributed by atoms with Gasteiger partial charge in [0.2, 0.25) is 0 Å². The minimum Gasteiger partial charge on any atom is -0.255 e. The quantitative estimate of drug-likeness (QED) is 0.715. The number of rotatable bonds is 1. The molecule has 15 heavy (non-hydrogen) atoms. The van der Waals surface area contributed by atoms with Gasteiger partial charge in [0.25, 0.3) is 0 Å². The normalized spacial score (nSPS) is 8.27. The van der Waals surface area contributed by atoms with E-state index < -0.39 is 0 Å². The maximum absolute atomic E-state index is 7.21. The summed E-state index contributed by atoms with van der Waals surface area (Å²) in [5.41, 5.74) is 1.83. The van der Waals surface area contributed by atoms with Crippen LogP contribution in [0, 0.1) is 10.2 Å². The predicted octanol–water partition coefficient (Wildman–Crippen LogP) is 2.16. The summed E-state index contributed by atoms with van der Waals surface area (Å²) < 4.78 is 0. The monoisotopic (exact) mass is 238 g/mol. The molecule has 0 aliphatic heterocycles. The Bertz CT molecular complexity index is 385. The van der Waals surface area contributed by atoms with Crippen molar-refractivity contribution in [3.05, 3.63) is 48.8 Å². The predicted molar refractivity (Wildman–Crippen MR) is 53.1 cm³/mol. The van der Waals surface area contributed by atoms with Gasteiger partial charge in [-0.15, -0.1) is 0 Å². The Balaban J connectivity index is 0.000000337. The molecular weight excluding hydrogens is 230 g/mol. The summed E-state index contributed by atoms with van der Waals surface area (Å²) in [5, 5.41) is 7.21. The maximum atomic E-state index is 7.21. The molecule has 2 aromatic rings. The molecule has 0 amide bonds. The Morgan fingerprint density at radius 1 is 0.933 bits per heavy atom. The Morgan fingerprint density at radius 3 is 1.60 bits per heavy atom. The average Bonchev–Trinajstić information content (AvgIpc) is 2.32. The van der Waals surface area contributed by atoms with Crippen LogP contribution in [0.2, 0.25) is 0 Å². The van der Waals surface area contributed by atoms with Gasteiger partial charge in [0, 0.05) is 12.4 Å². The van der Waals surface area contributed by atoms with Gasteiger partial charge in [-0.2, -0.15) is 0 Å². The smallest absolute Gasteiger partial charge is 0.0886 e. The van der Waals surface area contributed by atoms with Gasteiger partial charge in [0.05, 0.1) is 11.4 Å². The fourth-order valence-electron chi connectivity index (χ4n) is 1.03. The van der Waals surface area contributed by atoms with Gasteiger partial charge in [0.1, 0.15) is 0 Å². The van der Waals surface area contributed by atoms with Crippen molar-refractivity contribution in [1.82, 2.24) is 9.97 Å². The van der Waals surface area contributed by atoms with Crippen LogP contribution in [0.25, 0.3) is 11.4 Å². The number of hydrogen-bond acceptors (Lipinski definition) is 3. The fraction of sp³-hybridized carbons (Fsp3) is 0. The molecule has 0 spiro atoms. The van der Waals surface area contributed by atoms with E-state index in [-0.39, 0.29) is 0 Å². The average molecular weight is 238 g/mol. The summed E-state index contributed by atoms with van der Waals surface area (Å²) in [6, 6.07) is 11.6. The second kappa shape index (κ2) is 6.72. The third-order valence-corrected chi connectivity index (χ3v) is 1.59.